The molecule has 0 bridgehead atoms. The van der Waals surface area contributed by atoms with Crippen LogP contribution in [0.3, 0.4) is 0 Å². The van der Waals surface area contributed by atoms with Crippen molar-refractivity contribution in [1.29, 1.82) is 0 Å². The van der Waals surface area contributed by atoms with E-state index in [1.54, 1.807) is 6.07 Å². The second kappa shape index (κ2) is 5.77. The Morgan fingerprint density at radius 2 is 1.79 bits per heavy atom. The lowest BCUT2D eigenvalue weighted by molar-refractivity contribution is 0.628. The number of hydrogen-bond acceptors (Lipinski definition) is 6. The van der Waals surface area contributed by atoms with E-state index in [9.17, 15) is 9.18 Å². The van der Waals surface area contributed by atoms with Crippen LogP contribution in [0.2, 0.25) is 5.02 Å². The highest BCUT2D eigenvalue weighted by Crippen LogP contribution is 2.26. The van der Waals surface area contributed by atoms with Crippen molar-refractivity contribution in [2.75, 3.05) is 5.32 Å². The van der Waals surface area contributed by atoms with Gasteiger partial charge in [0, 0.05) is 5.69 Å². The van der Waals surface area contributed by atoms with Crippen molar-refractivity contribution in [3.63, 3.8) is 0 Å². The van der Waals surface area contributed by atoms with Crippen molar-refractivity contribution in [3.05, 3.63) is 63.7 Å². The lowest BCUT2D eigenvalue weighted by Gasteiger charge is -2.06. The summed E-state index contributed by atoms with van der Waals surface area (Å²) in [5.41, 5.74) is 1.61. The number of anilines is 2. The fourth-order valence-electron chi connectivity index (χ4n) is 2.20. The molecule has 2 aromatic carbocycles. The van der Waals surface area contributed by atoms with Crippen LogP contribution in [0.5, 0.6) is 0 Å². The van der Waals surface area contributed by atoms with Crippen molar-refractivity contribution in [2.24, 2.45) is 0 Å². The molecule has 2 aromatic heterocycles. The first-order valence-electron chi connectivity index (χ1n) is 6.90. The molecule has 0 fully saturated rings. The average molecular weight is 359 g/mol. The summed E-state index contributed by atoms with van der Waals surface area (Å²) in [7, 11) is 0. The molecule has 118 valence electrons. The smallest absolute Gasteiger partial charge is 0.301 e. The summed E-state index contributed by atoms with van der Waals surface area (Å²) < 4.78 is 13.2. The van der Waals surface area contributed by atoms with E-state index in [2.05, 4.69) is 20.3 Å². The number of rotatable bonds is 2. The first kappa shape index (κ1) is 14.9. The van der Waals surface area contributed by atoms with Gasteiger partial charge in [0.1, 0.15) is 5.82 Å². The molecule has 0 saturated carbocycles. The van der Waals surface area contributed by atoms with Crippen LogP contribution in [0.1, 0.15) is 0 Å². The van der Waals surface area contributed by atoms with Crippen LogP contribution in [-0.4, -0.2) is 15.0 Å². The Bertz CT molecular complexity index is 1150. The minimum absolute atomic E-state index is 0.0149. The van der Waals surface area contributed by atoms with E-state index in [0.717, 1.165) is 0 Å². The predicted octanol–water partition coefficient (Wildman–Crippen LogP) is 4.14. The molecule has 5 nitrogen and oxygen atoms in total. The van der Waals surface area contributed by atoms with Gasteiger partial charge in [-0.1, -0.05) is 35.1 Å². The van der Waals surface area contributed by atoms with Crippen LogP contribution in [0.15, 0.2) is 47.3 Å². The van der Waals surface area contributed by atoms with Crippen LogP contribution in [0.25, 0.3) is 21.4 Å². The topological polar surface area (TPSA) is 67.8 Å². The molecular weight excluding hydrogens is 351 g/mol. The Balaban J connectivity index is 1.83. The summed E-state index contributed by atoms with van der Waals surface area (Å²) in [6.45, 7) is 0. The van der Waals surface area contributed by atoms with Gasteiger partial charge >= 0.3 is 5.56 Å². The van der Waals surface area contributed by atoms with Crippen LogP contribution in [0, 0.1) is 5.82 Å². The maximum absolute atomic E-state index is 13.2. The van der Waals surface area contributed by atoms with Gasteiger partial charge in [-0.25, -0.2) is 14.4 Å². The van der Waals surface area contributed by atoms with E-state index in [1.165, 1.54) is 29.5 Å². The number of nitrogens with one attached hydrogen (secondary N) is 1. The molecule has 4 rings (SSSR count). The molecule has 0 amide bonds. The number of halogens is 2. The summed E-state index contributed by atoms with van der Waals surface area (Å²) in [4.78, 5) is 25.5. The Kier molecular flexibility index (Phi) is 3.59. The highest BCUT2D eigenvalue weighted by Gasteiger charge is 2.10. The molecular formula is C16H8ClFN4OS. The highest BCUT2D eigenvalue weighted by atomic mass is 35.5. The van der Waals surface area contributed by atoms with E-state index in [0.29, 0.717) is 26.7 Å². The maximum Gasteiger partial charge on any atom is 0.301 e. The summed E-state index contributed by atoms with van der Waals surface area (Å²) >= 11 is 6.94. The zero-order valence-corrected chi connectivity index (χ0v) is 13.5. The molecule has 0 atom stereocenters. The van der Waals surface area contributed by atoms with Gasteiger partial charge in [0.05, 0.1) is 16.1 Å². The second-order valence-corrected chi connectivity index (χ2v) is 6.33. The van der Waals surface area contributed by atoms with E-state index in [4.69, 9.17) is 11.6 Å². The van der Waals surface area contributed by atoms with Gasteiger partial charge < -0.3 is 5.32 Å². The largest absolute Gasteiger partial charge is 0.331 e. The fraction of sp³-hybridized carbons (Fsp3) is 0. The third-order valence-electron chi connectivity index (χ3n) is 3.31. The van der Waals surface area contributed by atoms with Crippen LogP contribution >= 0.6 is 22.9 Å². The van der Waals surface area contributed by atoms with E-state index >= 15 is 0 Å². The van der Waals surface area contributed by atoms with Crippen LogP contribution in [-0.2, 0) is 0 Å². The van der Waals surface area contributed by atoms with Gasteiger partial charge in [-0.3, -0.25) is 4.79 Å². The molecule has 4 aromatic rings. The number of benzene rings is 2. The van der Waals surface area contributed by atoms with Crippen LogP contribution < -0.4 is 10.9 Å². The Morgan fingerprint density at radius 3 is 2.54 bits per heavy atom. The number of nitrogens with zero attached hydrogens (tertiary/aromatic N) is 3. The van der Waals surface area contributed by atoms with Crippen molar-refractivity contribution >= 4 is 55.1 Å². The monoisotopic (exact) mass is 358 g/mol. The van der Waals surface area contributed by atoms with Gasteiger partial charge in [-0.05, 0) is 30.3 Å². The first-order valence-corrected chi connectivity index (χ1v) is 8.09. The third-order valence-corrected chi connectivity index (χ3v) is 4.46. The number of para-hydroxylation sites is 2. The average Bonchev–Trinajstić information content (AvgIpc) is 2.57. The molecule has 1 N–H and O–H groups in total. The molecule has 0 radical (unpaired) electrons. The van der Waals surface area contributed by atoms with Crippen molar-refractivity contribution in [3.8, 4) is 0 Å². The number of aromatic nitrogens is 3. The normalized spacial score (nSPS) is 11.1. The maximum atomic E-state index is 13.2. The minimum atomic E-state index is -0.515. The van der Waals surface area contributed by atoms with E-state index in [1.807, 2.05) is 18.2 Å². The molecule has 8 heteroatoms. The molecule has 0 unspecified atom stereocenters. The first-order chi connectivity index (χ1) is 11.6. The van der Waals surface area contributed by atoms with Crippen molar-refractivity contribution in [1.82, 2.24) is 15.0 Å². The molecule has 0 aliphatic carbocycles. The van der Waals surface area contributed by atoms with Gasteiger partial charge in [-0.15, -0.1) is 0 Å². The minimum Gasteiger partial charge on any atom is -0.331 e. The molecule has 24 heavy (non-hydrogen) atoms. The lowest BCUT2D eigenvalue weighted by Crippen LogP contribution is -2.10. The summed E-state index contributed by atoms with van der Waals surface area (Å²) in [6, 6.07) is 11.5. The summed E-state index contributed by atoms with van der Waals surface area (Å²) in [5.74, 6) is -0.515. The summed E-state index contributed by atoms with van der Waals surface area (Å²) in [6.07, 6.45) is 0. The lowest BCUT2D eigenvalue weighted by atomic mass is 10.3. The van der Waals surface area contributed by atoms with Gasteiger partial charge in [-0.2, -0.15) is 4.98 Å². The third kappa shape index (κ3) is 2.68. The van der Waals surface area contributed by atoms with Gasteiger partial charge in [0.15, 0.2) is 15.5 Å². The molecule has 0 aliphatic heterocycles. The quantitative estimate of drug-likeness (QED) is 0.545. The van der Waals surface area contributed by atoms with Gasteiger partial charge in [0.2, 0.25) is 0 Å². The zero-order valence-electron chi connectivity index (χ0n) is 12.0. The highest BCUT2D eigenvalue weighted by molar-refractivity contribution is 7.21. The fourth-order valence-corrected chi connectivity index (χ4v) is 3.24. The Hall–Kier alpha value is -2.64. The van der Waals surface area contributed by atoms with E-state index in [-0.39, 0.29) is 10.5 Å². The number of fused-ring (bicyclic) bond motifs is 2. The Morgan fingerprint density at radius 1 is 1.04 bits per heavy atom. The zero-order chi connectivity index (χ0) is 16.7. The van der Waals surface area contributed by atoms with Gasteiger partial charge in [0.25, 0.3) is 0 Å². The molecule has 0 saturated heterocycles. The SMILES string of the molecule is O=c1nc(Nc2ccc(F)c(Cl)c2)sc2nc3ccccc3nc12. The van der Waals surface area contributed by atoms with Crippen molar-refractivity contribution in [2.45, 2.75) is 0 Å². The second-order valence-electron chi connectivity index (χ2n) is 4.94. The van der Waals surface area contributed by atoms with Crippen molar-refractivity contribution < 1.29 is 4.39 Å². The molecule has 2 heterocycles. The standard InChI is InChI=1S/C16H8ClFN4OS/c17-9-7-8(5-6-10(9)18)19-16-22-14(23)13-15(24-16)21-12-4-2-1-3-11(12)20-13/h1-7H,(H,19,22,23). The number of hydrogen-bond donors (Lipinski definition) is 1. The Labute approximate surface area is 143 Å². The molecule has 0 aliphatic rings. The molecule has 0 spiro atoms. The van der Waals surface area contributed by atoms with E-state index < -0.39 is 11.4 Å². The summed E-state index contributed by atoms with van der Waals surface area (Å²) in [5, 5.41) is 3.26. The predicted molar refractivity (Wildman–Crippen MR) is 93.7 cm³/mol. The van der Waals surface area contributed by atoms with Crippen LogP contribution in [0.4, 0.5) is 15.2 Å².